The summed E-state index contributed by atoms with van der Waals surface area (Å²) in [6, 6.07) is 13.0. The monoisotopic (exact) mass is 374 g/mol. The van der Waals surface area contributed by atoms with Crippen molar-refractivity contribution in [3.8, 4) is 5.75 Å². The molecule has 0 radical (unpaired) electrons. The Labute approximate surface area is 158 Å². The van der Waals surface area contributed by atoms with Crippen LogP contribution in [0.4, 0.5) is 0 Å². The molecule has 138 valence electrons. The highest BCUT2D eigenvalue weighted by molar-refractivity contribution is 6.31. The molecule has 2 rings (SSSR count). The molecule has 2 aromatic rings. The Bertz CT molecular complexity index is 792. The van der Waals surface area contributed by atoms with Crippen LogP contribution in [-0.2, 0) is 16.0 Å². The Kier molecular flexibility index (Phi) is 7.04. The average molecular weight is 375 g/mol. The number of hydrogen-bond donors (Lipinski definition) is 2. The van der Waals surface area contributed by atoms with Crippen molar-refractivity contribution in [2.45, 2.75) is 39.7 Å². The molecule has 2 amide bonds. The quantitative estimate of drug-likeness (QED) is 0.760. The maximum absolute atomic E-state index is 12.1. The highest BCUT2D eigenvalue weighted by Crippen LogP contribution is 2.21. The Morgan fingerprint density at radius 3 is 2.54 bits per heavy atom. The van der Waals surface area contributed by atoms with Crippen LogP contribution < -0.4 is 15.6 Å². The van der Waals surface area contributed by atoms with Crippen LogP contribution in [0.15, 0.2) is 42.5 Å². The average Bonchev–Trinajstić information content (AvgIpc) is 2.62. The van der Waals surface area contributed by atoms with Crippen molar-refractivity contribution in [1.29, 1.82) is 0 Å². The lowest BCUT2D eigenvalue weighted by atomic mass is 10.1. The molecule has 0 aliphatic heterocycles. The third kappa shape index (κ3) is 5.49. The largest absolute Gasteiger partial charge is 0.481 e. The second kappa shape index (κ2) is 9.25. The van der Waals surface area contributed by atoms with Crippen LogP contribution in [0.25, 0.3) is 0 Å². The summed E-state index contributed by atoms with van der Waals surface area (Å²) in [6.45, 7) is 5.55. The first-order valence-electron chi connectivity index (χ1n) is 8.43. The summed E-state index contributed by atoms with van der Waals surface area (Å²) in [5, 5.41) is 0.625. The second-order valence-electron chi connectivity index (χ2n) is 6.09. The lowest BCUT2D eigenvalue weighted by Crippen LogP contribution is -2.47. The number of carbonyl (C=O) groups excluding carboxylic acids is 2. The van der Waals surface area contributed by atoms with Crippen LogP contribution in [0.3, 0.4) is 0 Å². The van der Waals surface area contributed by atoms with Gasteiger partial charge in [-0.25, -0.2) is 0 Å². The van der Waals surface area contributed by atoms with Gasteiger partial charge in [0.25, 0.3) is 5.91 Å². The lowest BCUT2D eigenvalue weighted by molar-refractivity contribution is -0.132. The van der Waals surface area contributed by atoms with E-state index in [0.717, 1.165) is 16.7 Å². The molecule has 0 fully saturated rings. The van der Waals surface area contributed by atoms with Crippen molar-refractivity contribution in [1.82, 2.24) is 10.9 Å². The number of ether oxygens (including phenoxy) is 1. The summed E-state index contributed by atoms with van der Waals surface area (Å²) in [6.07, 6.45) is -0.0223. The molecule has 26 heavy (non-hydrogen) atoms. The Morgan fingerprint density at radius 2 is 1.81 bits per heavy atom. The number of nitrogens with one attached hydrogen (secondary N) is 2. The molecule has 6 heteroatoms. The Balaban J connectivity index is 1.79. The summed E-state index contributed by atoms with van der Waals surface area (Å²) >= 11 is 6.06. The van der Waals surface area contributed by atoms with Crippen molar-refractivity contribution >= 4 is 23.4 Å². The molecule has 0 aliphatic rings. The number of carbonyl (C=O) groups is 2. The molecule has 0 saturated heterocycles. The molecule has 0 bridgehead atoms. The van der Waals surface area contributed by atoms with Crippen molar-refractivity contribution in [3.63, 3.8) is 0 Å². The zero-order valence-electron chi connectivity index (χ0n) is 15.1. The third-order valence-electron chi connectivity index (χ3n) is 4.13. The van der Waals surface area contributed by atoms with Gasteiger partial charge >= 0.3 is 0 Å². The van der Waals surface area contributed by atoms with Crippen LogP contribution in [0.2, 0.25) is 5.02 Å². The molecular weight excluding hydrogens is 352 g/mol. The summed E-state index contributed by atoms with van der Waals surface area (Å²) in [5.74, 6) is -0.0631. The van der Waals surface area contributed by atoms with Crippen molar-refractivity contribution in [2.24, 2.45) is 0 Å². The normalized spacial score (nSPS) is 11.5. The van der Waals surface area contributed by atoms with E-state index in [-0.39, 0.29) is 12.3 Å². The van der Waals surface area contributed by atoms with E-state index in [9.17, 15) is 9.59 Å². The van der Waals surface area contributed by atoms with Gasteiger partial charge in [0.1, 0.15) is 5.75 Å². The van der Waals surface area contributed by atoms with Crippen LogP contribution in [0.1, 0.15) is 30.0 Å². The molecule has 1 unspecified atom stereocenters. The predicted octanol–water partition coefficient (Wildman–Crippen LogP) is 3.50. The van der Waals surface area contributed by atoms with Crippen LogP contribution in [0.5, 0.6) is 5.75 Å². The highest BCUT2D eigenvalue weighted by Gasteiger charge is 2.16. The fourth-order valence-electron chi connectivity index (χ4n) is 2.34. The molecule has 2 N–H and O–H groups in total. The lowest BCUT2D eigenvalue weighted by Gasteiger charge is -2.17. The summed E-state index contributed by atoms with van der Waals surface area (Å²) in [7, 11) is 0. The van der Waals surface area contributed by atoms with E-state index in [1.165, 1.54) is 0 Å². The first-order chi connectivity index (χ1) is 12.4. The van der Waals surface area contributed by atoms with Gasteiger partial charge in [-0.2, -0.15) is 0 Å². The van der Waals surface area contributed by atoms with Gasteiger partial charge in [-0.05, 0) is 56.0 Å². The first-order valence-corrected chi connectivity index (χ1v) is 8.81. The maximum atomic E-state index is 12.1. The topological polar surface area (TPSA) is 67.4 Å². The number of hydrogen-bond acceptors (Lipinski definition) is 3. The zero-order chi connectivity index (χ0) is 19.1. The van der Waals surface area contributed by atoms with Gasteiger partial charge < -0.3 is 4.74 Å². The van der Waals surface area contributed by atoms with Gasteiger partial charge in [0.15, 0.2) is 6.10 Å². The highest BCUT2D eigenvalue weighted by atomic mass is 35.5. The minimum absolute atomic E-state index is 0.218. The number of aryl methyl sites for hydroxylation is 2. The fourth-order valence-corrected chi connectivity index (χ4v) is 2.57. The van der Waals surface area contributed by atoms with Crippen LogP contribution in [-0.4, -0.2) is 17.9 Å². The van der Waals surface area contributed by atoms with Crippen LogP contribution >= 0.6 is 11.6 Å². The molecule has 0 aromatic heterocycles. The molecular formula is C20H23ClN2O3. The first kappa shape index (κ1) is 19.8. The number of halogens is 1. The van der Waals surface area contributed by atoms with E-state index in [4.69, 9.17) is 16.3 Å². The molecule has 5 nitrogen and oxygen atoms in total. The number of amides is 2. The predicted molar refractivity (Wildman–Crippen MR) is 102 cm³/mol. The van der Waals surface area contributed by atoms with Gasteiger partial charge in [0.2, 0.25) is 5.91 Å². The number of benzene rings is 2. The summed E-state index contributed by atoms with van der Waals surface area (Å²) < 4.78 is 5.68. The second-order valence-corrected chi connectivity index (χ2v) is 6.49. The van der Waals surface area contributed by atoms with E-state index in [1.54, 1.807) is 13.0 Å². The SMILES string of the molecule is Cc1cccc(OC(C)C(=O)NNC(=O)CCc2ccccc2Cl)c1C. The molecule has 0 heterocycles. The van der Waals surface area contributed by atoms with Gasteiger partial charge in [-0.1, -0.05) is 41.9 Å². The molecule has 2 aromatic carbocycles. The Morgan fingerprint density at radius 1 is 1.08 bits per heavy atom. The minimum atomic E-state index is -0.737. The molecule has 0 saturated carbocycles. The van der Waals surface area contributed by atoms with Crippen LogP contribution in [0, 0.1) is 13.8 Å². The number of hydrazine groups is 1. The third-order valence-corrected chi connectivity index (χ3v) is 4.50. The van der Waals surface area contributed by atoms with Crippen molar-refractivity contribution in [2.75, 3.05) is 0 Å². The smallest absolute Gasteiger partial charge is 0.279 e. The maximum Gasteiger partial charge on any atom is 0.279 e. The van der Waals surface area contributed by atoms with Gasteiger partial charge in [0.05, 0.1) is 0 Å². The number of rotatable bonds is 6. The molecule has 0 spiro atoms. The Hall–Kier alpha value is -2.53. The minimum Gasteiger partial charge on any atom is -0.481 e. The van der Waals surface area contributed by atoms with Gasteiger partial charge in [-0.15, -0.1) is 0 Å². The van der Waals surface area contributed by atoms with Gasteiger partial charge in [0, 0.05) is 11.4 Å². The summed E-state index contributed by atoms with van der Waals surface area (Å²) in [4.78, 5) is 24.0. The standard InChI is InChI=1S/C20H23ClN2O3/c1-13-7-6-10-18(14(13)2)26-15(3)20(25)23-22-19(24)12-11-16-8-4-5-9-17(16)21/h4-10,15H,11-12H2,1-3H3,(H,22,24)(H,23,25). The fraction of sp³-hybridized carbons (Fsp3) is 0.300. The van der Waals surface area contributed by atoms with E-state index in [1.807, 2.05) is 50.2 Å². The molecule has 0 aliphatic carbocycles. The summed E-state index contributed by atoms with van der Waals surface area (Å²) in [5.41, 5.74) is 7.75. The zero-order valence-corrected chi connectivity index (χ0v) is 15.9. The van der Waals surface area contributed by atoms with Gasteiger partial charge in [-0.3, -0.25) is 20.4 Å². The van der Waals surface area contributed by atoms with Crippen molar-refractivity contribution in [3.05, 3.63) is 64.2 Å². The van der Waals surface area contributed by atoms with E-state index in [2.05, 4.69) is 10.9 Å². The van der Waals surface area contributed by atoms with E-state index < -0.39 is 12.0 Å². The van der Waals surface area contributed by atoms with E-state index >= 15 is 0 Å². The van der Waals surface area contributed by atoms with Crippen molar-refractivity contribution < 1.29 is 14.3 Å². The van der Waals surface area contributed by atoms with E-state index in [0.29, 0.717) is 17.2 Å². The molecule has 1 atom stereocenters.